The monoisotopic (exact) mass is 536 g/mol. The molecule has 0 aliphatic rings. The summed E-state index contributed by atoms with van der Waals surface area (Å²) < 4.78 is 6.43. The quantitative estimate of drug-likeness (QED) is 0.230. The highest BCUT2D eigenvalue weighted by Crippen LogP contribution is 2.27. The molecule has 2 heterocycles. The second-order valence-electron chi connectivity index (χ2n) is 6.92. The Morgan fingerprint density at radius 1 is 1.12 bits per heavy atom. The second kappa shape index (κ2) is 10.2. The molecular weight excluding hydrogens is 520 g/mol. The molecule has 16 heteroatoms. The van der Waals surface area contributed by atoms with Crippen LogP contribution in [0.1, 0.15) is 38.1 Å². The van der Waals surface area contributed by atoms with Gasteiger partial charge in [-0.2, -0.15) is 9.67 Å². The van der Waals surface area contributed by atoms with Crippen molar-refractivity contribution in [2.45, 2.75) is 20.4 Å². The van der Waals surface area contributed by atoms with E-state index in [-0.39, 0.29) is 52.9 Å². The summed E-state index contributed by atoms with van der Waals surface area (Å²) in [4.78, 5) is 49.0. The smallest absolute Gasteiger partial charge is 0.358 e. The third-order valence-corrected chi connectivity index (χ3v) is 5.52. The molecule has 2 aromatic heterocycles. The van der Waals surface area contributed by atoms with Crippen LogP contribution in [0.5, 0.6) is 0 Å². The summed E-state index contributed by atoms with van der Waals surface area (Å²) in [6.07, 6.45) is 0. The van der Waals surface area contributed by atoms with Gasteiger partial charge < -0.3 is 25.3 Å². The van der Waals surface area contributed by atoms with Crippen molar-refractivity contribution in [2.75, 3.05) is 13.1 Å². The van der Waals surface area contributed by atoms with Gasteiger partial charge in [0.25, 0.3) is 11.6 Å². The minimum absolute atomic E-state index is 0.0473. The Morgan fingerprint density at radius 2 is 1.79 bits per heavy atom. The van der Waals surface area contributed by atoms with Crippen LogP contribution in [-0.2, 0) is 6.54 Å². The van der Waals surface area contributed by atoms with E-state index in [1.165, 1.54) is 29.8 Å². The number of nitrogens with zero attached hydrogens (tertiary/aromatic N) is 6. The van der Waals surface area contributed by atoms with Gasteiger partial charge in [0.05, 0.1) is 15.7 Å². The predicted molar refractivity (Wildman–Crippen MR) is 117 cm³/mol. The second-order valence-corrected chi connectivity index (χ2v) is 7.72. The summed E-state index contributed by atoms with van der Waals surface area (Å²) in [7, 11) is 0. The molecule has 0 spiro atoms. The van der Waals surface area contributed by atoms with Gasteiger partial charge in [-0.3, -0.25) is 19.7 Å². The van der Waals surface area contributed by atoms with Gasteiger partial charge >= 0.3 is 17.6 Å². The molecule has 1 aromatic carbocycles. The molecule has 3 rings (SSSR count). The van der Waals surface area contributed by atoms with E-state index in [1.54, 1.807) is 6.92 Å². The molecule has 0 aliphatic carbocycles. The number of carbonyl (C=O) groups is 2. The maximum Gasteiger partial charge on any atom is 0.404 e. The Labute approximate surface area is 198 Å². The first-order valence-electron chi connectivity index (χ1n) is 9.59. The Balaban J connectivity index is 1.50. The van der Waals surface area contributed by atoms with Crippen LogP contribution in [0.25, 0.3) is 0 Å². The van der Waals surface area contributed by atoms with Crippen molar-refractivity contribution >= 4 is 39.2 Å². The molecule has 178 valence electrons. The molecular formula is C18H17BrN8O7. The summed E-state index contributed by atoms with van der Waals surface area (Å²) in [6.45, 7) is 3.21. The molecule has 0 saturated heterocycles. The number of nitro groups is 2. The van der Waals surface area contributed by atoms with Crippen LogP contribution in [0.15, 0.2) is 27.2 Å². The van der Waals surface area contributed by atoms with Crippen molar-refractivity contribution in [1.29, 1.82) is 0 Å². The molecule has 0 aliphatic heterocycles. The van der Waals surface area contributed by atoms with Gasteiger partial charge in [0.15, 0.2) is 5.82 Å². The van der Waals surface area contributed by atoms with E-state index < -0.39 is 21.7 Å². The zero-order valence-corrected chi connectivity index (χ0v) is 19.4. The average molecular weight is 537 g/mol. The van der Waals surface area contributed by atoms with Crippen molar-refractivity contribution in [3.05, 3.63) is 71.4 Å². The highest BCUT2D eigenvalue weighted by atomic mass is 79.9. The number of amides is 2. The minimum atomic E-state index is -0.677. The normalized spacial score (nSPS) is 10.7. The van der Waals surface area contributed by atoms with Gasteiger partial charge in [-0.1, -0.05) is 5.16 Å². The van der Waals surface area contributed by atoms with Crippen LogP contribution in [0.2, 0.25) is 0 Å². The molecule has 34 heavy (non-hydrogen) atoms. The van der Waals surface area contributed by atoms with Crippen LogP contribution >= 0.6 is 15.9 Å². The Hall–Kier alpha value is -4.21. The summed E-state index contributed by atoms with van der Waals surface area (Å²) in [5.74, 6) is -1.73. The average Bonchev–Trinajstić information content (AvgIpc) is 3.36. The fourth-order valence-corrected chi connectivity index (χ4v) is 3.28. The van der Waals surface area contributed by atoms with E-state index in [4.69, 9.17) is 4.52 Å². The number of aromatic nitrogens is 4. The van der Waals surface area contributed by atoms with Crippen LogP contribution in [0, 0.1) is 34.1 Å². The number of halogens is 1. The Morgan fingerprint density at radius 3 is 2.38 bits per heavy atom. The SMILES string of the molecule is Cc1cc(C(=O)NCCNC(=O)c2nc(Cn3nc([N+](=O)[O-])c(Br)c3C)no2)ccc1[N+](=O)[O-]. The van der Waals surface area contributed by atoms with Gasteiger partial charge in [0, 0.05) is 30.3 Å². The first-order chi connectivity index (χ1) is 16.1. The lowest BCUT2D eigenvalue weighted by atomic mass is 10.1. The van der Waals surface area contributed by atoms with E-state index in [9.17, 15) is 29.8 Å². The molecule has 2 amide bonds. The van der Waals surface area contributed by atoms with Gasteiger partial charge in [-0.25, -0.2) is 0 Å². The zero-order valence-electron chi connectivity index (χ0n) is 17.8. The molecule has 0 saturated carbocycles. The molecule has 0 fully saturated rings. The lowest BCUT2D eigenvalue weighted by Gasteiger charge is -2.06. The topological polar surface area (TPSA) is 201 Å². The molecule has 0 radical (unpaired) electrons. The fourth-order valence-electron chi connectivity index (χ4n) is 2.85. The van der Waals surface area contributed by atoms with Crippen LogP contribution < -0.4 is 10.6 Å². The van der Waals surface area contributed by atoms with Gasteiger partial charge in [0.2, 0.25) is 0 Å². The van der Waals surface area contributed by atoms with Gasteiger partial charge in [-0.05, 0) is 46.8 Å². The highest BCUT2D eigenvalue weighted by molar-refractivity contribution is 9.10. The van der Waals surface area contributed by atoms with Crippen molar-refractivity contribution in [2.24, 2.45) is 0 Å². The fraction of sp³-hybridized carbons (Fsp3) is 0.278. The van der Waals surface area contributed by atoms with Gasteiger partial charge in [-0.15, -0.1) is 0 Å². The number of hydrogen-bond acceptors (Lipinski definition) is 10. The number of benzene rings is 1. The number of rotatable bonds is 9. The van der Waals surface area contributed by atoms with Crippen LogP contribution in [0.3, 0.4) is 0 Å². The van der Waals surface area contributed by atoms with E-state index in [0.29, 0.717) is 11.3 Å². The maximum absolute atomic E-state index is 12.2. The maximum atomic E-state index is 12.2. The van der Waals surface area contributed by atoms with Gasteiger partial charge in [0.1, 0.15) is 11.0 Å². The third kappa shape index (κ3) is 5.40. The van der Waals surface area contributed by atoms with Crippen molar-refractivity contribution in [3.63, 3.8) is 0 Å². The van der Waals surface area contributed by atoms with E-state index in [2.05, 4.69) is 41.8 Å². The van der Waals surface area contributed by atoms with Crippen molar-refractivity contribution in [3.8, 4) is 0 Å². The summed E-state index contributed by atoms with van der Waals surface area (Å²) in [5.41, 5.74) is 0.986. The number of aryl methyl sites for hydroxylation is 1. The number of carbonyl (C=O) groups excluding carboxylic acids is 2. The number of hydrogen-bond donors (Lipinski definition) is 2. The molecule has 2 N–H and O–H groups in total. The van der Waals surface area contributed by atoms with E-state index >= 15 is 0 Å². The number of nitrogens with one attached hydrogen (secondary N) is 2. The minimum Gasteiger partial charge on any atom is -0.358 e. The summed E-state index contributed by atoms with van der Waals surface area (Å²) in [5, 5.41) is 34.4. The predicted octanol–water partition coefficient (Wildman–Crippen LogP) is 1.67. The molecule has 3 aromatic rings. The van der Waals surface area contributed by atoms with E-state index in [0.717, 1.165) is 0 Å². The Bertz CT molecular complexity index is 1290. The lowest BCUT2D eigenvalue weighted by Crippen LogP contribution is -2.34. The Kier molecular flexibility index (Phi) is 7.30. The largest absolute Gasteiger partial charge is 0.404 e. The first kappa shape index (κ1) is 24.4. The summed E-state index contributed by atoms with van der Waals surface area (Å²) >= 11 is 3.11. The van der Waals surface area contributed by atoms with Crippen LogP contribution in [0.4, 0.5) is 11.5 Å². The zero-order chi connectivity index (χ0) is 25.0. The standard InChI is InChI=1S/C18H17BrN8O7/c1-9-7-11(3-4-12(9)26(30)31)16(28)20-5-6-21-17(29)18-22-13(24-34-18)8-25-10(2)14(19)15(23-25)27(32)33/h3-4,7H,5-6,8H2,1-2H3,(H,20,28)(H,21,29). The van der Waals surface area contributed by atoms with E-state index in [1.807, 2.05) is 0 Å². The lowest BCUT2D eigenvalue weighted by molar-refractivity contribution is -0.390. The molecule has 15 nitrogen and oxygen atoms in total. The molecule has 0 unspecified atom stereocenters. The summed E-state index contributed by atoms with van der Waals surface area (Å²) in [6, 6.07) is 3.99. The first-order valence-corrected chi connectivity index (χ1v) is 10.4. The number of nitro benzene ring substituents is 1. The molecule has 0 bridgehead atoms. The van der Waals surface area contributed by atoms with Crippen LogP contribution in [-0.4, -0.2) is 54.7 Å². The van der Waals surface area contributed by atoms with Crippen molar-refractivity contribution in [1.82, 2.24) is 30.6 Å². The molecule has 0 atom stereocenters. The van der Waals surface area contributed by atoms with Crippen molar-refractivity contribution < 1.29 is 24.0 Å². The third-order valence-electron chi connectivity index (χ3n) is 4.59. The highest BCUT2D eigenvalue weighted by Gasteiger charge is 2.25.